The number of likely N-dealkylation sites (N-methyl/N-ethyl adjacent to an activating group) is 1. The van der Waals surface area contributed by atoms with Gasteiger partial charge in [0.05, 0.1) is 4.34 Å². The highest BCUT2D eigenvalue weighted by molar-refractivity contribution is 7.16. The maximum absolute atomic E-state index is 5.92. The monoisotopic (exact) mass is 300 g/mol. The Kier molecular flexibility index (Phi) is 6.14. The summed E-state index contributed by atoms with van der Waals surface area (Å²) in [5.41, 5.74) is 0. The average molecular weight is 301 g/mol. The predicted molar refractivity (Wildman–Crippen MR) is 85.1 cm³/mol. The van der Waals surface area contributed by atoms with Crippen LogP contribution in [0.15, 0.2) is 12.1 Å². The molecule has 1 aromatic heterocycles. The van der Waals surface area contributed by atoms with E-state index in [1.54, 1.807) is 11.3 Å². The summed E-state index contributed by atoms with van der Waals surface area (Å²) in [5.74, 6) is 0.905. The van der Waals surface area contributed by atoms with E-state index in [9.17, 15) is 0 Å². The smallest absolute Gasteiger partial charge is 0.0931 e. The zero-order chi connectivity index (χ0) is 13.7. The van der Waals surface area contributed by atoms with E-state index in [1.165, 1.54) is 30.6 Å². The van der Waals surface area contributed by atoms with Crippen molar-refractivity contribution in [3.8, 4) is 0 Å². The van der Waals surface area contributed by atoms with Gasteiger partial charge in [-0.2, -0.15) is 0 Å². The van der Waals surface area contributed by atoms with Gasteiger partial charge in [-0.1, -0.05) is 31.4 Å². The Bertz CT molecular complexity index is 380. The number of nitrogens with one attached hydrogen (secondary N) is 1. The van der Waals surface area contributed by atoms with E-state index in [2.05, 4.69) is 30.3 Å². The minimum atomic E-state index is 0.793. The van der Waals surface area contributed by atoms with E-state index in [0.717, 1.165) is 35.9 Å². The SMILES string of the molecule is CC1CCCC(N(C)CCNCc2ccc(Cl)s2)C1. The van der Waals surface area contributed by atoms with E-state index in [1.807, 2.05) is 6.07 Å². The molecule has 0 spiro atoms. The molecule has 108 valence electrons. The van der Waals surface area contributed by atoms with Gasteiger partial charge in [-0.05, 0) is 37.9 Å². The third-order valence-electron chi connectivity index (χ3n) is 4.10. The van der Waals surface area contributed by atoms with Crippen molar-refractivity contribution >= 4 is 22.9 Å². The second-order valence-electron chi connectivity index (χ2n) is 5.79. The van der Waals surface area contributed by atoms with Crippen LogP contribution >= 0.6 is 22.9 Å². The summed E-state index contributed by atoms with van der Waals surface area (Å²) in [6, 6.07) is 4.87. The molecule has 1 N–H and O–H groups in total. The second kappa shape index (κ2) is 7.63. The molecule has 19 heavy (non-hydrogen) atoms. The maximum Gasteiger partial charge on any atom is 0.0931 e. The molecule has 4 heteroatoms. The lowest BCUT2D eigenvalue weighted by atomic mass is 9.86. The van der Waals surface area contributed by atoms with Crippen LogP contribution in [0.2, 0.25) is 4.34 Å². The molecule has 2 rings (SSSR count). The summed E-state index contributed by atoms with van der Waals surface area (Å²) in [5, 5.41) is 3.51. The molecule has 2 unspecified atom stereocenters. The summed E-state index contributed by atoms with van der Waals surface area (Å²) >= 11 is 7.59. The standard InChI is InChI=1S/C15H25ClN2S/c1-12-4-3-5-13(10-12)18(2)9-8-17-11-14-6-7-15(16)19-14/h6-7,12-13,17H,3-5,8-11H2,1-2H3. The lowest BCUT2D eigenvalue weighted by Gasteiger charge is -2.34. The molecular formula is C15H25ClN2S. The number of hydrogen-bond acceptors (Lipinski definition) is 3. The van der Waals surface area contributed by atoms with Crippen LogP contribution in [0.1, 0.15) is 37.5 Å². The molecule has 0 aliphatic heterocycles. The molecule has 1 aliphatic rings. The molecule has 0 amide bonds. The van der Waals surface area contributed by atoms with Crippen LogP contribution < -0.4 is 5.32 Å². The summed E-state index contributed by atoms with van der Waals surface area (Å²) < 4.78 is 0.880. The molecule has 1 fully saturated rings. The zero-order valence-corrected chi connectivity index (χ0v) is 13.6. The van der Waals surface area contributed by atoms with Crippen LogP contribution in [-0.4, -0.2) is 31.1 Å². The third kappa shape index (κ3) is 5.07. The highest BCUT2D eigenvalue weighted by Gasteiger charge is 2.21. The quantitative estimate of drug-likeness (QED) is 0.799. The van der Waals surface area contributed by atoms with Gasteiger partial charge < -0.3 is 10.2 Å². The highest BCUT2D eigenvalue weighted by atomic mass is 35.5. The fraction of sp³-hybridized carbons (Fsp3) is 0.733. The van der Waals surface area contributed by atoms with Gasteiger partial charge >= 0.3 is 0 Å². The van der Waals surface area contributed by atoms with Gasteiger partial charge in [0.15, 0.2) is 0 Å². The molecule has 1 aliphatic carbocycles. The van der Waals surface area contributed by atoms with Crippen molar-refractivity contribution in [2.75, 3.05) is 20.1 Å². The fourth-order valence-corrected chi connectivity index (χ4v) is 3.96. The number of hydrogen-bond donors (Lipinski definition) is 1. The summed E-state index contributed by atoms with van der Waals surface area (Å²) in [6.45, 7) is 5.51. The van der Waals surface area contributed by atoms with Crippen LogP contribution in [-0.2, 0) is 6.54 Å². The largest absolute Gasteiger partial charge is 0.311 e. The molecular weight excluding hydrogens is 276 g/mol. The summed E-state index contributed by atoms with van der Waals surface area (Å²) in [6.07, 6.45) is 5.57. The van der Waals surface area contributed by atoms with E-state index in [0.29, 0.717) is 0 Å². The van der Waals surface area contributed by atoms with Gasteiger partial charge in [0.2, 0.25) is 0 Å². The number of halogens is 1. The lowest BCUT2D eigenvalue weighted by Crippen LogP contribution is -2.39. The van der Waals surface area contributed by atoms with Gasteiger partial charge in [-0.3, -0.25) is 0 Å². The number of rotatable bonds is 6. The summed E-state index contributed by atoms with van der Waals surface area (Å²) in [4.78, 5) is 3.85. The minimum absolute atomic E-state index is 0.793. The van der Waals surface area contributed by atoms with Crippen molar-refractivity contribution < 1.29 is 0 Å². The van der Waals surface area contributed by atoms with Crippen molar-refractivity contribution in [1.29, 1.82) is 0 Å². The summed E-state index contributed by atoms with van der Waals surface area (Å²) in [7, 11) is 2.27. The van der Waals surface area contributed by atoms with Gasteiger partial charge in [-0.25, -0.2) is 0 Å². The minimum Gasteiger partial charge on any atom is -0.311 e. The molecule has 0 aromatic carbocycles. The number of thiophene rings is 1. The van der Waals surface area contributed by atoms with Gasteiger partial charge in [-0.15, -0.1) is 11.3 Å². The first-order valence-corrected chi connectivity index (χ1v) is 8.50. The lowest BCUT2D eigenvalue weighted by molar-refractivity contribution is 0.164. The molecule has 0 bridgehead atoms. The maximum atomic E-state index is 5.92. The Labute approximate surface area is 126 Å². The van der Waals surface area contributed by atoms with E-state index < -0.39 is 0 Å². The topological polar surface area (TPSA) is 15.3 Å². The Morgan fingerprint density at radius 1 is 1.42 bits per heavy atom. The van der Waals surface area contributed by atoms with Crippen LogP contribution in [0.25, 0.3) is 0 Å². The fourth-order valence-electron chi connectivity index (χ4n) is 2.90. The first-order valence-electron chi connectivity index (χ1n) is 7.30. The first-order chi connectivity index (χ1) is 9.15. The second-order valence-corrected chi connectivity index (χ2v) is 7.59. The van der Waals surface area contributed by atoms with Crippen LogP contribution in [0, 0.1) is 5.92 Å². The molecule has 2 nitrogen and oxygen atoms in total. The molecule has 0 radical (unpaired) electrons. The Hall–Kier alpha value is -0.0900. The third-order valence-corrected chi connectivity index (χ3v) is 5.33. The van der Waals surface area contributed by atoms with Crippen molar-refractivity contribution in [3.05, 3.63) is 21.3 Å². The molecule has 2 atom stereocenters. The Morgan fingerprint density at radius 3 is 2.95 bits per heavy atom. The number of nitrogens with zero attached hydrogens (tertiary/aromatic N) is 1. The molecule has 1 saturated carbocycles. The van der Waals surface area contributed by atoms with E-state index >= 15 is 0 Å². The van der Waals surface area contributed by atoms with Crippen LogP contribution in [0.4, 0.5) is 0 Å². The normalized spacial score (nSPS) is 24.0. The van der Waals surface area contributed by atoms with Crippen molar-refractivity contribution in [2.45, 2.75) is 45.2 Å². The van der Waals surface area contributed by atoms with Crippen molar-refractivity contribution in [2.24, 2.45) is 5.92 Å². The Balaban J connectivity index is 1.62. The first kappa shape index (κ1) is 15.3. The van der Waals surface area contributed by atoms with Crippen molar-refractivity contribution in [3.63, 3.8) is 0 Å². The van der Waals surface area contributed by atoms with Gasteiger partial charge in [0.25, 0.3) is 0 Å². The van der Waals surface area contributed by atoms with Crippen LogP contribution in [0.5, 0.6) is 0 Å². The predicted octanol–water partition coefficient (Wildman–Crippen LogP) is 4.00. The van der Waals surface area contributed by atoms with Crippen LogP contribution in [0.3, 0.4) is 0 Å². The highest BCUT2D eigenvalue weighted by Crippen LogP contribution is 2.26. The van der Waals surface area contributed by atoms with Crippen molar-refractivity contribution in [1.82, 2.24) is 10.2 Å². The zero-order valence-electron chi connectivity index (χ0n) is 12.0. The Morgan fingerprint density at radius 2 is 2.26 bits per heavy atom. The molecule has 0 saturated heterocycles. The van der Waals surface area contributed by atoms with Gasteiger partial charge in [0, 0.05) is 30.6 Å². The molecule has 1 aromatic rings. The van der Waals surface area contributed by atoms with E-state index in [-0.39, 0.29) is 0 Å². The van der Waals surface area contributed by atoms with E-state index in [4.69, 9.17) is 11.6 Å². The molecule has 1 heterocycles. The average Bonchev–Trinajstić information content (AvgIpc) is 2.80. The van der Waals surface area contributed by atoms with Gasteiger partial charge in [0.1, 0.15) is 0 Å².